The van der Waals surface area contributed by atoms with E-state index in [2.05, 4.69) is 10.3 Å². The summed E-state index contributed by atoms with van der Waals surface area (Å²) in [6, 6.07) is 1.57. The Balaban J connectivity index is 2.73. The third kappa shape index (κ3) is 4.18. The van der Waals surface area contributed by atoms with Gasteiger partial charge in [0.2, 0.25) is 5.82 Å². The van der Waals surface area contributed by atoms with Gasteiger partial charge in [-0.25, -0.2) is 4.98 Å². The van der Waals surface area contributed by atoms with Crippen molar-refractivity contribution < 1.29 is 14.5 Å². The van der Waals surface area contributed by atoms with E-state index in [1.54, 1.807) is 33.8 Å². The zero-order valence-electron chi connectivity index (χ0n) is 12.0. The maximum Gasteiger partial charge on any atom is 0.314 e. The molecule has 0 spiro atoms. The molecule has 0 amide bonds. The van der Waals surface area contributed by atoms with Gasteiger partial charge in [-0.05, 0) is 26.8 Å². The topological polar surface area (TPSA) is 94.4 Å². The van der Waals surface area contributed by atoms with Gasteiger partial charge in [-0.15, -0.1) is 0 Å². The Morgan fingerprint density at radius 3 is 2.70 bits per heavy atom. The van der Waals surface area contributed by atoms with Gasteiger partial charge in [-0.2, -0.15) is 0 Å². The van der Waals surface area contributed by atoms with E-state index < -0.39 is 10.8 Å². The van der Waals surface area contributed by atoms with Gasteiger partial charge in [0.25, 0.3) is 0 Å². The van der Waals surface area contributed by atoms with Gasteiger partial charge in [0.15, 0.2) is 0 Å². The molecule has 1 unspecified atom stereocenters. The largest absolute Gasteiger partial charge is 0.463 e. The van der Waals surface area contributed by atoms with Crippen molar-refractivity contribution in [3.63, 3.8) is 0 Å². The van der Waals surface area contributed by atoms with Crippen molar-refractivity contribution in [1.82, 2.24) is 4.98 Å². The van der Waals surface area contributed by atoms with E-state index in [0.29, 0.717) is 5.56 Å². The number of nitro groups is 1. The van der Waals surface area contributed by atoms with Crippen LogP contribution < -0.4 is 5.32 Å². The number of aryl methyl sites for hydroxylation is 1. The monoisotopic (exact) mass is 281 g/mol. The molecule has 0 aliphatic rings. The van der Waals surface area contributed by atoms with Crippen LogP contribution in [-0.2, 0) is 9.53 Å². The average Bonchev–Trinajstić information content (AvgIpc) is 2.34. The summed E-state index contributed by atoms with van der Waals surface area (Å²) in [4.78, 5) is 26.1. The molecule has 0 fully saturated rings. The minimum Gasteiger partial charge on any atom is -0.463 e. The predicted molar refractivity (Wildman–Crippen MR) is 74.5 cm³/mol. The number of carbonyl (C=O) groups is 1. The fourth-order valence-electron chi connectivity index (χ4n) is 1.59. The van der Waals surface area contributed by atoms with Crippen molar-refractivity contribution in [2.45, 2.75) is 33.8 Å². The van der Waals surface area contributed by atoms with Crippen LogP contribution in [0.5, 0.6) is 0 Å². The number of hydrogen-bond acceptors (Lipinski definition) is 6. The summed E-state index contributed by atoms with van der Waals surface area (Å²) in [6.45, 7) is 7.10. The van der Waals surface area contributed by atoms with Crippen LogP contribution in [0, 0.1) is 23.0 Å². The Labute approximate surface area is 117 Å². The first kappa shape index (κ1) is 15.9. The minimum absolute atomic E-state index is 0.0723. The third-order valence-electron chi connectivity index (χ3n) is 2.64. The molecule has 0 bridgehead atoms. The van der Waals surface area contributed by atoms with Crippen LogP contribution in [0.1, 0.15) is 26.3 Å². The van der Waals surface area contributed by atoms with Crippen molar-refractivity contribution in [1.29, 1.82) is 0 Å². The van der Waals surface area contributed by atoms with E-state index in [9.17, 15) is 14.9 Å². The Kier molecular flexibility index (Phi) is 5.42. The van der Waals surface area contributed by atoms with Crippen LogP contribution in [0.15, 0.2) is 12.3 Å². The summed E-state index contributed by atoms with van der Waals surface area (Å²) < 4.78 is 5.07. The Bertz CT molecular complexity index is 502. The second-order valence-electron chi connectivity index (χ2n) is 4.85. The number of esters is 1. The molecule has 1 atom stereocenters. The first-order valence-corrected chi connectivity index (χ1v) is 6.37. The van der Waals surface area contributed by atoms with Crippen LogP contribution in [-0.4, -0.2) is 28.5 Å². The summed E-state index contributed by atoms with van der Waals surface area (Å²) >= 11 is 0. The lowest BCUT2D eigenvalue weighted by molar-refractivity contribution is -0.384. The summed E-state index contributed by atoms with van der Waals surface area (Å²) in [5.41, 5.74) is 0.446. The number of carbonyl (C=O) groups excluding carboxylic acids is 1. The van der Waals surface area contributed by atoms with Crippen molar-refractivity contribution >= 4 is 17.5 Å². The first-order chi connectivity index (χ1) is 9.32. The number of rotatable bonds is 6. The Morgan fingerprint density at radius 2 is 2.15 bits per heavy atom. The zero-order valence-corrected chi connectivity index (χ0v) is 12.0. The summed E-state index contributed by atoms with van der Waals surface area (Å²) in [5, 5.41) is 13.8. The molecule has 1 N–H and O–H groups in total. The van der Waals surface area contributed by atoms with E-state index in [1.165, 1.54) is 6.20 Å². The number of aromatic nitrogens is 1. The van der Waals surface area contributed by atoms with E-state index in [4.69, 9.17) is 4.74 Å². The fourth-order valence-corrected chi connectivity index (χ4v) is 1.59. The van der Waals surface area contributed by atoms with Gasteiger partial charge in [-0.1, -0.05) is 6.92 Å². The van der Waals surface area contributed by atoms with Gasteiger partial charge < -0.3 is 10.1 Å². The lowest BCUT2D eigenvalue weighted by Gasteiger charge is -2.15. The van der Waals surface area contributed by atoms with E-state index in [-0.39, 0.29) is 30.1 Å². The van der Waals surface area contributed by atoms with Gasteiger partial charge >= 0.3 is 11.7 Å². The second-order valence-corrected chi connectivity index (χ2v) is 4.85. The van der Waals surface area contributed by atoms with E-state index >= 15 is 0 Å². The Hall–Kier alpha value is -2.18. The maximum absolute atomic E-state index is 11.6. The molecular formula is C13H19N3O4. The van der Waals surface area contributed by atoms with Gasteiger partial charge in [-0.3, -0.25) is 14.9 Å². The predicted octanol–water partition coefficient (Wildman–Crippen LogP) is 2.30. The molecule has 0 aliphatic heterocycles. The van der Waals surface area contributed by atoms with E-state index in [0.717, 1.165) is 0 Å². The summed E-state index contributed by atoms with van der Waals surface area (Å²) in [5.74, 6) is -0.596. The first-order valence-electron chi connectivity index (χ1n) is 6.37. The second kappa shape index (κ2) is 6.83. The quantitative estimate of drug-likeness (QED) is 0.488. The molecule has 0 aromatic carbocycles. The number of pyridine rings is 1. The van der Waals surface area contributed by atoms with Crippen LogP contribution in [0.4, 0.5) is 11.5 Å². The van der Waals surface area contributed by atoms with Crippen LogP contribution in [0.2, 0.25) is 0 Å². The van der Waals surface area contributed by atoms with Crippen LogP contribution in [0.25, 0.3) is 0 Å². The molecule has 1 aromatic rings. The van der Waals surface area contributed by atoms with Crippen molar-refractivity contribution in [2.24, 2.45) is 5.92 Å². The standard InChI is InChI=1S/C13H19N3O4/c1-8(2)20-13(17)10(4)7-15-12-11(16(18)19)9(3)5-6-14-12/h5-6,8,10H,7H2,1-4H3,(H,14,15). The highest BCUT2D eigenvalue weighted by atomic mass is 16.6. The molecule has 0 saturated carbocycles. The van der Waals surface area contributed by atoms with Crippen molar-refractivity contribution in [3.8, 4) is 0 Å². The SMILES string of the molecule is Cc1ccnc(NCC(C)C(=O)OC(C)C)c1[N+](=O)[O-]. The molecule has 0 saturated heterocycles. The number of anilines is 1. The highest BCUT2D eigenvalue weighted by Gasteiger charge is 2.21. The van der Waals surface area contributed by atoms with Crippen molar-refractivity contribution in [3.05, 3.63) is 27.9 Å². The normalized spacial score (nSPS) is 12.1. The molecule has 7 nitrogen and oxygen atoms in total. The molecule has 110 valence electrons. The van der Waals surface area contributed by atoms with Gasteiger partial charge in [0.1, 0.15) is 0 Å². The van der Waals surface area contributed by atoms with Crippen molar-refractivity contribution in [2.75, 3.05) is 11.9 Å². The molecule has 1 aromatic heterocycles. The lowest BCUT2D eigenvalue weighted by Crippen LogP contribution is -2.25. The highest BCUT2D eigenvalue weighted by Crippen LogP contribution is 2.25. The number of nitrogens with zero attached hydrogens (tertiary/aromatic N) is 2. The minimum atomic E-state index is -0.484. The molecule has 7 heteroatoms. The molecule has 1 heterocycles. The summed E-state index contributed by atoms with van der Waals surface area (Å²) in [7, 11) is 0. The van der Waals surface area contributed by atoms with Crippen LogP contribution >= 0.6 is 0 Å². The van der Waals surface area contributed by atoms with Gasteiger partial charge in [0, 0.05) is 18.3 Å². The summed E-state index contributed by atoms with van der Waals surface area (Å²) in [6.07, 6.45) is 1.30. The highest BCUT2D eigenvalue weighted by molar-refractivity contribution is 5.73. The number of hydrogen-bond donors (Lipinski definition) is 1. The van der Waals surface area contributed by atoms with Gasteiger partial charge in [0.05, 0.1) is 16.9 Å². The number of ether oxygens (including phenoxy) is 1. The molecular weight excluding hydrogens is 262 g/mol. The zero-order chi connectivity index (χ0) is 15.3. The number of nitrogens with one attached hydrogen (secondary N) is 1. The molecule has 0 radical (unpaired) electrons. The smallest absolute Gasteiger partial charge is 0.314 e. The maximum atomic E-state index is 11.6. The van der Waals surface area contributed by atoms with E-state index in [1.807, 2.05) is 0 Å². The van der Waals surface area contributed by atoms with Crippen LogP contribution in [0.3, 0.4) is 0 Å². The Morgan fingerprint density at radius 1 is 1.50 bits per heavy atom. The molecule has 1 rings (SSSR count). The molecule has 0 aliphatic carbocycles. The third-order valence-corrected chi connectivity index (χ3v) is 2.64. The molecule has 20 heavy (non-hydrogen) atoms. The average molecular weight is 281 g/mol. The lowest BCUT2D eigenvalue weighted by atomic mass is 10.2. The fraction of sp³-hybridized carbons (Fsp3) is 0.538.